The Morgan fingerprint density at radius 1 is 0.810 bits per heavy atom. The average Bonchev–Trinajstić information content (AvgIpc) is 3.47. The lowest BCUT2D eigenvalue weighted by molar-refractivity contribution is -0.265. The molecule has 0 aromatic carbocycles. The Hall–Kier alpha value is -3.98. The fraction of sp³-hybridized carbons (Fsp3) is 0.770. The molecule has 2 N–H and O–H groups in total. The number of esters is 2. The van der Waals surface area contributed by atoms with Crippen molar-refractivity contribution in [2.75, 3.05) is 67.5 Å². The van der Waals surface area contributed by atoms with Gasteiger partial charge in [-0.25, -0.2) is 4.79 Å². The molecule has 4 rings (SSSR count). The zero-order valence-corrected chi connectivity index (χ0v) is 49.4. The third-order valence-electron chi connectivity index (χ3n) is 16.4. The Morgan fingerprint density at radius 2 is 1.52 bits per heavy atom. The lowest BCUT2D eigenvalue weighted by Crippen LogP contribution is -2.61. The topological polar surface area (TPSA) is 229 Å². The molecule has 3 fully saturated rings. The van der Waals surface area contributed by atoms with Crippen molar-refractivity contribution >= 4 is 35.2 Å². The van der Waals surface area contributed by atoms with Crippen LogP contribution in [0.2, 0.25) is 0 Å². The van der Waals surface area contributed by atoms with Gasteiger partial charge in [-0.3, -0.25) is 24.0 Å². The van der Waals surface area contributed by atoms with Crippen LogP contribution in [-0.2, 0) is 71.4 Å². The van der Waals surface area contributed by atoms with E-state index in [4.69, 9.17) is 42.6 Å². The zero-order valence-electron chi connectivity index (χ0n) is 49.4. The molecule has 0 spiro atoms. The van der Waals surface area contributed by atoms with Crippen molar-refractivity contribution in [3.8, 4) is 0 Å². The van der Waals surface area contributed by atoms with Crippen LogP contribution in [-0.4, -0.2) is 172 Å². The van der Waals surface area contributed by atoms with Crippen LogP contribution in [0.15, 0.2) is 47.6 Å². The number of methoxy groups -OCH3 is 3. The lowest BCUT2D eigenvalue weighted by Gasteiger charge is -2.42. The molecule has 0 radical (unpaired) electrons. The number of ketones is 3. The standard InChI is InChI=1S/C61H97NO17/c1-12-74-29-30-76-32-31-75-28-18-22-54(64)77-50-26-24-46(36-53(50)72-10)35-42(5)52-38-49(63)41(4)34-44(7)56(66)57(73-11)55(65)43(6)33-39(2)19-14-13-15-20-40(3)51(71-9)37-47-25-23-45(8)61(70,79-47)58(67)59(68)62-27-17-16-21-48(62)60(69)78-52/h13-15,19-20,34,39,41-43,45-48,50-53,56-57,66,70H,12,16-18,21-33,35-38H2,1-11H3/b15-13+,19-14+,40-20+,44-34+/t39-,41-,42-,43-,45-,46+,47+,48+,50-,51+,52+,53-,56-,57+,61-/m1/s1. The van der Waals surface area contributed by atoms with E-state index in [2.05, 4.69) is 0 Å². The van der Waals surface area contributed by atoms with E-state index in [1.807, 2.05) is 65.0 Å². The van der Waals surface area contributed by atoms with Crippen LogP contribution in [0.1, 0.15) is 145 Å². The Bertz CT molecular complexity index is 2070. The van der Waals surface area contributed by atoms with Gasteiger partial charge >= 0.3 is 11.9 Å². The van der Waals surface area contributed by atoms with Gasteiger partial charge in [-0.2, -0.15) is 0 Å². The molecule has 79 heavy (non-hydrogen) atoms. The van der Waals surface area contributed by atoms with E-state index < -0.39 is 95.9 Å². The molecule has 15 atom stereocenters. The van der Waals surface area contributed by atoms with Crippen LogP contribution in [0.3, 0.4) is 0 Å². The maximum atomic E-state index is 14.6. The highest BCUT2D eigenvalue weighted by Gasteiger charge is 2.53. The number of aliphatic hydroxyl groups is 2. The number of allylic oxidation sites excluding steroid dienone is 6. The van der Waals surface area contributed by atoms with Crippen molar-refractivity contribution in [2.24, 2.45) is 35.5 Å². The summed E-state index contributed by atoms with van der Waals surface area (Å²) in [6.07, 6.45) is 11.4. The molecule has 1 aliphatic carbocycles. The van der Waals surface area contributed by atoms with E-state index in [0.29, 0.717) is 116 Å². The Kier molecular flexibility index (Phi) is 29.5. The number of ether oxygens (including phenoxy) is 9. The van der Waals surface area contributed by atoms with Crippen LogP contribution in [0.5, 0.6) is 0 Å². The van der Waals surface area contributed by atoms with Gasteiger partial charge in [-0.1, -0.05) is 71.1 Å². The summed E-state index contributed by atoms with van der Waals surface area (Å²) in [5.41, 5.74) is 1.24. The van der Waals surface area contributed by atoms with Gasteiger partial charge in [0, 0.05) is 78.1 Å². The molecule has 3 heterocycles. The summed E-state index contributed by atoms with van der Waals surface area (Å²) < 4.78 is 52.1. The number of cyclic esters (lactones) is 1. The minimum absolute atomic E-state index is 0.000626. The largest absolute Gasteiger partial charge is 0.460 e. The molecule has 1 saturated carbocycles. The van der Waals surface area contributed by atoms with Gasteiger partial charge < -0.3 is 57.7 Å². The molecular formula is C61H97NO17. The SMILES string of the molecule is CCOCCOCCOCCCC(=O)O[C@@H]1CC[C@@H](C[C@@H](C)[C@@H]2CC(=O)[C@H](C)/C=C(\C)[C@@H](O)[C@@H](OC)C(=O)[C@H](C)C[C@H](C)/C=C/C=C/C=C(\C)[C@@H](OC)C[C@@H]3CC[C@@H](C)[C@@](O)(O3)C(=O)C(=O)N3CCCC[C@H]3C(=O)O2)C[C@H]1OC. The van der Waals surface area contributed by atoms with Crippen molar-refractivity contribution in [2.45, 2.75) is 200 Å². The van der Waals surface area contributed by atoms with E-state index in [-0.39, 0.29) is 55.2 Å². The summed E-state index contributed by atoms with van der Waals surface area (Å²) in [7, 11) is 4.53. The smallest absolute Gasteiger partial charge is 0.329 e. The Balaban J connectivity index is 1.58. The molecule has 448 valence electrons. The average molecular weight is 1120 g/mol. The number of Topliss-reactive ketones (excluding diaryl/α,β-unsaturated/α-hetero) is 3. The number of fused-ring (bicyclic) bond motifs is 3. The van der Waals surface area contributed by atoms with Crippen LogP contribution in [0, 0.1) is 35.5 Å². The van der Waals surface area contributed by atoms with Crippen LogP contribution >= 0.6 is 0 Å². The second-order valence-corrected chi connectivity index (χ2v) is 22.6. The highest BCUT2D eigenvalue weighted by Crippen LogP contribution is 2.38. The van der Waals surface area contributed by atoms with Gasteiger partial charge in [0.05, 0.1) is 44.7 Å². The first-order valence-corrected chi connectivity index (χ1v) is 29.1. The summed E-state index contributed by atoms with van der Waals surface area (Å²) in [5.74, 6) is -8.68. The van der Waals surface area contributed by atoms with Crippen molar-refractivity contribution in [3.63, 3.8) is 0 Å². The van der Waals surface area contributed by atoms with Crippen LogP contribution < -0.4 is 0 Å². The third kappa shape index (κ3) is 20.8. The maximum Gasteiger partial charge on any atom is 0.329 e. The van der Waals surface area contributed by atoms with Crippen molar-refractivity contribution in [1.82, 2.24) is 4.90 Å². The molecule has 0 aromatic heterocycles. The van der Waals surface area contributed by atoms with E-state index in [9.17, 15) is 39.0 Å². The van der Waals surface area contributed by atoms with E-state index in [0.717, 1.165) is 5.57 Å². The van der Waals surface area contributed by atoms with Crippen LogP contribution in [0.4, 0.5) is 0 Å². The number of hydrogen-bond acceptors (Lipinski definition) is 17. The maximum absolute atomic E-state index is 14.6. The predicted molar refractivity (Wildman–Crippen MR) is 296 cm³/mol. The van der Waals surface area contributed by atoms with E-state index >= 15 is 0 Å². The Morgan fingerprint density at radius 3 is 2.20 bits per heavy atom. The molecule has 18 nitrogen and oxygen atoms in total. The molecule has 4 aliphatic rings. The molecular weight excluding hydrogens is 1020 g/mol. The molecule has 18 heteroatoms. The first-order chi connectivity index (χ1) is 37.7. The summed E-state index contributed by atoms with van der Waals surface area (Å²) in [6, 6.07) is -1.18. The second kappa shape index (κ2) is 34.5. The predicted octanol–water partition coefficient (Wildman–Crippen LogP) is 7.58. The number of amides is 1. The quantitative estimate of drug-likeness (QED) is 0.0583. The normalized spacial score (nSPS) is 35.3. The first-order valence-electron chi connectivity index (χ1n) is 29.1. The fourth-order valence-corrected chi connectivity index (χ4v) is 11.4. The van der Waals surface area contributed by atoms with Gasteiger partial charge in [0.2, 0.25) is 5.79 Å². The van der Waals surface area contributed by atoms with Gasteiger partial charge in [-0.05, 0) is 120 Å². The second-order valence-electron chi connectivity index (χ2n) is 22.6. The number of piperidine rings is 1. The number of rotatable bonds is 18. The molecule has 2 saturated heterocycles. The third-order valence-corrected chi connectivity index (χ3v) is 16.4. The number of hydrogen-bond donors (Lipinski definition) is 2. The summed E-state index contributed by atoms with van der Waals surface area (Å²) in [6.45, 7) is 17.5. The minimum Gasteiger partial charge on any atom is -0.460 e. The molecule has 2 bridgehead atoms. The van der Waals surface area contributed by atoms with Gasteiger partial charge in [0.25, 0.3) is 11.7 Å². The molecule has 3 aliphatic heterocycles. The first kappa shape index (κ1) is 67.5. The van der Waals surface area contributed by atoms with Gasteiger partial charge in [-0.15, -0.1) is 0 Å². The zero-order chi connectivity index (χ0) is 58.2. The summed E-state index contributed by atoms with van der Waals surface area (Å²) in [5, 5.41) is 23.6. The number of nitrogens with zero attached hydrogens (tertiary/aromatic N) is 1. The van der Waals surface area contributed by atoms with Crippen LogP contribution in [0.25, 0.3) is 0 Å². The number of aliphatic hydroxyl groups excluding tert-OH is 1. The van der Waals surface area contributed by atoms with Crippen molar-refractivity contribution < 1.29 is 81.6 Å². The fourth-order valence-electron chi connectivity index (χ4n) is 11.4. The molecule has 1 amide bonds. The number of carbonyl (C=O) groups is 6. The summed E-state index contributed by atoms with van der Waals surface area (Å²) >= 11 is 0. The van der Waals surface area contributed by atoms with Gasteiger partial charge in [0.15, 0.2) is 5.78 Å². The minimum atomic E-state index is -2.46. The van der Waals surface area contributed by atoms with E-state index in [1.54, 1.807) is 41.1 Å². The summed E-state index contributed by atoms with van der Waals surface area (Å²) in [4.78, 5) is 85.7. The highest BCUT2D eigenvalue weighted by molar-refractivity contribution is 6.39. The Labute approximate surface area is 470 Å². The molecule has 0 aromatic rings. The van der Waals surface area contributed by atoms with Gasteiger partial charge in [0.1, 0.15) is 36.2 Å². The van der Waals surface area contributed by atoms with Crippen molar-refractivity contribution in [1.29, 1.82) is 0 Å². The monoisotopic (exact) mass is 1120 g/mol. The van der Waals surface area contributed by atoms with E-state index in [1.165, 1.54) is 12.0 Å². The number of carbonyl (C=O) groups excluding carboxylic acids is 6. The molecule has 0 unspecified atom stereocenters. The highest BCUT2D eigenvalue weighted by atomic mass is 16.6. The van der Waals surface area contributed by atoms with Crippen molar-refractivity contribution in [3.05, 3.63) is 47.6 Å². The lowest BCUT2D eigenvalue weighted by atomic mass is 9.78.